The molecule has 14 heavy (non-hydrogen) atoms. The van der Waals surface area contributed by atoms with E-state index in [1.807, 2.05) is 6.92 Å². The van der Waals surface area contributed by atoms with Gasteiger partial charge in [-0.05, 0) is 6.92 Å². The van der Waals surface area contributed by atoms with Crippen molar-refractivity contribution in [3.8, 4) is 0 Å². The topological polar surface area (TPSA) is 67.6 Å². The Morgan fingerprint density at radius 2 is 2.21 bits per heavy atom. The minimum Gasteiger partial charge on any atom is -0.379 e. The number of allylic oxidation sites excluding steroid dienone is 1. The number of hydrogen-bond acceptors (Lipinski definition) is 4. The van der Waals surface area contributed by atoms with Crippen LogP contribution in [0.25, 0.3) is 0 Å². The molecule has 0 bridgehead atoms. The number of carbonyl (C=O) groups is 1. The SMILES string of the molecule is C/C=C(\CN1CCOCC1)C(=O)NN. The van der Waals surface area contributed by atoms with E-state index in [0.717, 1.165) is 26.3 Å². The molecule has 0 saturated carbocycles. The lowest BCUT2D eigenvalue weighted by Crippen LogP contribution is -2.41. The third-order valence-electron chi connectivity index (χ3n) is 2.27. The van der Waals surface area contributed by atoms with Crippen LogP contribution in [0, 0.1) is 0 Å². The van der Waals surface area contributed by atoms with Gasteiger partial charge in [0, 0.05) is 25.2 Å². The van der Waals surface area contributed by atoms with E-state index in [9.17, 15) is 4.79 Å². The molecule has 1 saturated heterocycles. The van der Waals surface area contributed by atoms with E-state index in [2.05, 4.69) is 10.3 Å². The number of nitrogens with one attached hydrogen (secondary N) is 1. The largest absolute Gasteiger partial charge is 0.379 e. The highest BCUT2D eigenvalue weighted by Crippen LogP contribution is 2.02. The molecule has 0 aromatic rings. The summed E-state index contributed by atoms with van der Waals surface area (Å²) in [5.41, 5.74) is 2.84. The third-order valence-corrected chi connectivity index (χ3v) is 2.27. The number of hydrazine groups is 1. The minimum absolute atomic E-state index is 0.209. The van der Waals surface area contributed by atoms with Gasteiger partial charge in [0.2, 0.25) is 0 Å². The van der Waals surface area contributed by atoms with Crippen LogP contribution in [-0.4, -0.2) is 43.7 Å². The summed E-state index contributed by atoms with van der Waals surface area (Å²) >= 11 is 0. The van der Waals surface area contributed by atoms with E-state index in [1.54, 1.807) is 6.08 Å². The molecule has 1 amide bonds. The molecule has 1 aliphatic heterocycles. The molecule has 80 valence electrons. The Bertz CT molecular complexity index is 222. The molecule has 1 rings (SSSR count). The zero-order valence-corrected chi connectivity index (χ0v) is 8.45. The van der Waals surface area contributed by atoms with E-state index in [-0.39, 0.29) is 5.91 Å². The van der Waals surface area contributed by atoms with Crippen LogP contribution in [0.4, 0.5) is 0 Å². The Labute approximate surface area is 83.9 Å². The second-order valence-corrected chi connectivity index (χ2v) is 3.18. The average Bonchev–Trinajstić information content (AvgIpc) is 2.26. The highest BCUT2D eigenvalue weighted by molar-refractivity contribution is 5.93. The molecule has 5 nitrogen and oxygen atoms in total. The lowest BCUT2D eigenvalue weighted by atomic mass is 10.2. The monoisotopic (exact) mass is 199 g/mol. The van der Waals surface area contributed by atoms with Crippen LogP contribution >= 0.6 is 0 Å². The van der Waals surface area contributed by atoms with Crippen LogP contribution in [0.1, 0.15) is 6.92 Å². The average molecular weight is 199 g/mol. The molecule has 0 aromatic heterocycles. The molecular weight excluding hydrogens is 182 g/mol. The van der Waals surface area contributed by atoms with Gasteiger partial charge in [-0.15, -0.1) is 0 Å². The van der Waals surface area contributed by atoms with Crippen LogP contribution in [0.5, 0.6) is 0 Å². The molecule has 0 spiro atoms. The Kier molecular flexibility index (Phi) is 4.58. The minimum atomic E-state index is -0.209. The molecule has 0 aromatic carbocycles. The smallest absolute Gasteiger partial charge is 0.262 e. The summed E-state index contributed by atoms with van der Waals surface area (Å²) in [6.07, 6.45) is 1.79. The van der Waals surface area contributed by atoms with Gasteiger partial charge in [0.15, 0.2) is 0 Å². The number of morpholine rings is 1. The van der Waals surface area contributed by atoms with Crippen molar-refractivity contribution in [1.82, 2.24) is 10.3 Å². The molecule has 1 fully saturated rings. The van der Waals surface area contributed by atoms with Crippen LogP contribution < -0.4 is 11.3 Å². The highest BCUT2D eigenvalue weighted by atomic mass is 16.5. The number of ether oxygens (including phenoxy) is 1. The summed E-state index contributed by atoms with van der Waals surface area (Å²) in [4.78, 5) is 13.4. The van der Waals surface area contributed by atoms with Gasteiger partial charge in [-0.1, -0.05) is 6.08 Å². The van der Waals surface area contributed by atoms with Gasteiger partial charge in [-0.2, -0.15) is 0 Å². The fourth-order valence-corrected chi connectivity index (χ4v) is 1.39. The molecule has 1 aliphatic rings. The predicted molar refractivity (Wildman–Crippen MR) is 53.3 cm³/mol. The summed E-state index contributed by atoms with van der Waals surface area (Å²) in [5, 5.41) is 0. The number of amides is 1. The summed E-state index contributed by atoms with van der Waals surface area (Å²) < 4.78 is 5.22. The maximum atomic E-state index is 11.3. The Morgan fingerprint density at radius 1 is 1.57 bits per heavy atom. The van der Waals surface area contributed by atoms with Gasteiger partial charge in [-0.25, -0.2) is 5.84 Å². The van der Waals surface area contributed by atoms with Gasteiger partial charge in [-0.3, -0.25) is 15.1 Å². The zero-order chi connectivity index (χ0) is 10.4. The van der Waals surface area contributed by atoms with E-state index in [0.29, 0.717) is 12.1 Å². The second-order valence-electron chi connectivity index (χ2n) is 3.18. The standard InChI is InChI=1S/C9H17N3O2/c1-2-8(9(13)11-10)7-12-3-5-14-6-4-12/h2H,3-7,10H2,1H3,(H,11,13)/b8-2+. The van der Waals surface area contributed by atoms with Gasteiger partial charge < -0.3 is 4.74 Å². The van der Waals surface area contributed by atoms with Crippen molar-refractivity contribution in [2.45, 2.75) is 6.92 Å². The van der Waals surface area contributed by atoms with E-state index in [4.69, 9.17) is 10.6 Å². The number of carbonyl (C=O) groups excluding carboxylic acids is 1. The fourth-order valence-electron chi connectivity index (χ4n) is 1.39. The molecule has 1 heterocycles. The lowest BCUT2D eigenvalue weighted by Gasteiger charge is -2.26. The Balaban J connectivity index is 2.43. The number of nitrogens with zero attached hydrogens (tertiary/aromatic N) is 1. The first-order valence-corrected chi connectivity index (χ1v) is 4.74. The molecular formula is C9H17N3O2. The first-order valence-electron chi connectivity index (χ1n) is 4.74. The first kappa shape index (κ1) is 11.2. The van der Waals surface area contributed by atoms with Crippen LogP contribution in [-0.2, 0) is 9.53 Å². The molecule has 0 aliphatic carbocycles. The van der Waals surface area contributed by atoms with E-state index >= 15 is 0 Å². The van der Waals surface area contributed by atoms with Crippen molar-refractivity contribution in [2.75, 3.05) is 32.8 Å². The second kappa shape index (κ2) is 5.74. The Hall–Kier alpha value is -0.910. The summed E-state index contributed by atoms with van der Waals surface area (Å²) in [6, 6.07) is 0. The third kappa shape index (κ3) is 3.10. The summed E-state index contributed by atoms with van der Waals surface area (Å²) in [6.45, 7) is 5.70. The summed E-state index contributed by atoms with van der Waals surface area (Å²) in [5.74, 6) is 4.86. The van der Waals surface area contributed by atoms with Gasteiger partial charge in [0.1, 0.15) is 0 Å². The highest BCUT2D eigenvalue weighted by Gasteiger charge is 2.14. The predicted octanol–water partition coefficient (Wildman–Crippen LogP) is -0.745. The molecule has 0 atom stereocenters. The lowest BCUT2D eigenvalue weighted by molar-refractivity contribution is -0.117. The number of rotatable bonds is 3. The van der Waals surface area contributed by atoms with Crippen molar-refractivity contribution in [2.24, 2.45) is 5.84 Å². The maximum absolute atomic E-state index is 11.3. The summed E-state index contributed by atoms with van der Waals surface area (Å²) in [7, 11) is 0. The van der Waals surface area contributed by atoms with E-state index in [1.165, 1.54) is 0 Å². The van der Waals surface area contributed by atoms with Crippen LogP contribution in [0.15, 0.2) is 11.6 Å². The van der Waals surface area contributed by atoms with Crippen molar-refractivity contribution in [3.63, 3.8) is 0 Å². The molecule has 0 unspecified atom stereocenters. The number of hydrogen-bond donors (Lipinski definition) is 2. The van der Waals surface area contributed by atoms with Gasteiger partial charge in [0.05, 0.1) is 13.2 Å². The molecule has 5 heteroatoms. The van der Waals surface area contributed by atoms with Crippen molar-refractivity contribution < 1.29 is 9.53 Å². The Morgan fingerprint density at radius 3 is 2.71 bits per heavy atom. The van der Waals surface area contributed by atoms with Crippen LogP contribution in [0.3, 0.4) is 0 Å². The van der Waals surface area contributed by atoms with Crippen molar-refractivity contribution >= 4 is 5.91 Å². The normalized spacial score (nSPS) is 19.4. The fraction of sp³-hybridized carbons (Fsp3) is 0.667. The van der Waals surface area contributed by atoms with Crippen molar-refractivity contribution in [3.05, 3.63) is 11.6 Å². The van der Waals surface area contributed by atoms with Gasteiger partial charge >= 0.3 is 0 Å². The zero-order valence-electron chi connectivity index (χ0n) is 8.45. The molecule has 3 N–H and O–H groups in total. The van der Waals surface area contributed by atoms with Gasteiger partial charge in [0.25, 0.3) is 5.91 Å². The number of nitrogens with two attached hydrogens (primary N) is 1. The van der Waals surface area contributed by atoms with Crippen LogP contribution in [0.2, 0.25) is 0 Å². The molecule has 0 radical (unpaired) electrons. The first-order chi connectivity index (χ1) is 6.77. The maximum Gasteiger partial charge on any atom is 0.262 e. The van der Waals surface area contributed by atoms with E-state index < -0.39 is 0 Å². The quantitative estimate of drug-likeness (QED) is 0.272. The van der Waals surface area contributed by atoms with Crippen molar-refractivity contribution in [1.29, 1.82) is 0 Å².